The average molecular weight is 262 g/mol. The van der Waals surface area contributed by atoms with E-state index in [1.165, 1.54) is 6.20 Å². The molecular weight excluding hydrogens is 243 g/mol. The maximum absolute atomic E-state index is 14.0. The second-order valence-corrected chi connectivity index (χ2v) is 4.65. The van der Waals surface area contributed by atoms with Crippen molar-refractivity contribution >= 4 is 0 Å². The molecule has 4 heteroatoms. The van der Waals surface area contributed by atoms with E-state index in [4.69, 9.17) is 4.42 Å². The number of pyridine rings is 1. The van der Waals surface area contributed by atoms with Crippen LogP contribution in [0.5, 0.6) is 0 Å². The van der Waals surface area contributed by atoms with Gasteiger partial charge in [-0.15, -0.1) is 0 Å². The van der Waals surface area contributed by atoms with Gasteiger partial charge in [0, 0.05) is 17.3 Å². The minimum absolute atomic E-state index is 0.194. The highest BCUT2D eigenvalue weighted by Crippen LogP contribution is 2.28. The number of hydrogen-bond acceptors (Lipinski definition) is 3. The number of nitrogens with zero attached hydrogens (tertiary/aromatic N) is 1. The standard InChI is InChI=1S/C15H19FN2O/c1-4-6-18-15(12-5-7-17-9-14(12)16)13-8-10(2)19-11(13)3/h5,7-9,15,18H,4,6H2,1-3H3. The average Bonchev–Trinajstić information content (AvgIpc) is 2.71. The second kappa shape index (κ2) is 5.97. The van der Waals surface area contributed by atoms with Gasteiger partial charge in [-0.25, -0.2) is 4.39 Å². The lowest BCUT2D eigenvalue weighted by Crippen LogP contribution is -2.24. The van der Waals surface area contributed by atoms with Crippen molar-refractivity contribution in [3.05, 3.63) is 53.0 Å². The number of hydrogen-bond donors (Lipinski definition) is 1. The fraction of sp³-hybridized carbons (Fsp3) is 0.400. The molecule has 1 atom stereocenters. The molecule has 0 aromatic carbocycles. The molecule has 1 unspecified atom stereocenters. The summed E-state index contributed by atoms with van der Waals surface area (Å²) in [4.78, 5) is 3.80. The summed E-state index contributed by atoms with van der Waals surface area (Å²) in [6.07, 6.45) is 3.85. The van der Waals surface area contributed by atoms with E-state index in [9.17, 15) is 4.39 Å². The number of furan rings is 1. The summed E-state index contributed by atoms with van der Waals surface area (Å²) in [5.41, 5.74) is 1.59. The minimum atomic E-state index is -0.297. The van der Waals surface area contributed by atoms with Crippen LogP contribution in [0.2, 0.25) is 0 Å². The maximum atomic E-state index is 14.0. The summed E-state index contributed by atoms with van der Waals surface area (Å²) in [5, 5.41) is 3.37. The summed E-state index contributed by atoms with van der Waals surface area (Å²) in [6, 6.07) is 3.48. The molecule has 0 saturated heterocycles. The summed E-state index contributed by atoms with van der Waals surface area (Å²) in [7, 11) is 0. The Balaban J connectivity index is 2.41. The molecule has 0 radical (unpaired) electrons. The molecule has 0 aliphatic heterocycles. The molecule has 2 aromatic heterocycles. The molecule has 0 bridgehead atoms. The number of aromatic nitrogens is 1. The zero-order chi connectivity index (χ0) is 13.8. The Morgan fingerprint density at radius 1 is 1.37 bits per heavy atom. The monoisotopic (exact) mass is 262 g/mol. The zero-order valence-electron chi connectivity index (χ0n) is 11.5. The van der Waals surface area contributed by atoms with Crippen LogP contribution < -0.4 is 5.32 Å². The van der Waals surface area contributed by atoms with Crippen molar-refractivity contribution in [2.75, 3.05) is 6.54 Å². The Kier molecular flexibility index (Phi) is 4.32. The van der Waals surface area contributed by atoms with Gasteiger partial charge in [-0.2, -0.15) is 0 Å². The van der Waals surface area contributed by atoms with Crippen LogP contribution in [-0.4, -0.2) is 11.5 Å². The molecule has 2 heterocycles. The lowest BCUT2D eigenvalue weighted by Gasteiger charge is -2.19. The van der Waals surface area contributed by atoms with Gasteiger partial charge in [-0.3, -0.25) is 4.98 Å². The Hall–Kier alpha value is -1.68. The molecular formula is C15H19FN2O. The Labute approximate surface area is 112 Å². The zero-order valence-corrected chi connectivity index (χ0v) is 11.5. The molecule has 2 rings (SSSR count). The normalized spacial score (nSPS) is 12.6. The van der Waals surface area contributed by atoms with Crippen molar-refractivity contribution in [2.45, 2.75) is 33.2 Å². The van der Waals surface area contributed by atoms with E-state index in [-0.39, 0.29) is 11.9 Å². The van der Waals surface area contributed by atoms with Crippen LogP contribution in [0, 0.1) is 19.7 Å². The van der Waals surface area contributed by atoms with E-state index >= 15 is 0 Å². The lowest BCUT2D eigenvalue weighted by atomic mass is 9.99. The highest BCUT2D eigenvalue weighted by Gasteiger charge is 2.21. The maximum Gasteiger partial charge on any atom is 0.146 e. The molecule has 19 heavy (non-hydrogen) atoms. The van der Waals surface area contributed by atoms with Crippen molar-refractivity contribution < 1.29 is 8.81 Å². The summed E-state index contributed by atoms with van der Waals surface area (Å²) >= 11 is 0. The van der Waals surface area contributed by atoms with Crippen LogP contribution in [0.25, 0.3) is 0 Å². The largest absolute Gasteiger partial charge is 0.466 e. The molecule has 0 aliphatic rings. The molecule has 2 aromatic rings. The van der Waals surface area contributed by atoms with Crippen molar-refractivity contribution in [3.8, 4) is 0 Å². The SMILES string of the molecule is CCCNC(c1ccncc1F)c1cc(C)oc1C. The van der Waals surface area contributed by atoms with Gasteiger partial charge in [-0.05, 0) is 38.9 Å². The number of halogens is 1. The van der Waals surface area contributed by atoms with Crippen molar-refractivity contribution in [1.82, 2.24) is 10.3 Å². The third-order valence-electron chi connectivity index (χ3n) is 3.10. The Bertz CT molecular complexity index is 551. The van der Waals surface area contributed by atoms with Gasteiger partial charge < -0.3 is 9.73 Å². The second-order valence-electron chi connectivity index (χ2n) is 4.65. The predicted molar refractivity (Wildman–Crippen MR) is 72.5 cm³/mol. The first-order valence-electron chi connectivity index (χ1n) is 6.53. The van der Waals surface area contributed by atoms with E-state index in [1.54, 1.807) is 12.3 Å². The highest BCUT2D eigenvalue weighted by molar-refractivity contribution is 5.34. The van der Waals surface area contributed by atoms with Gasteiger partial charge in [0.25, 0.3) is 0 Å². The van der Waals surface area contributed by atoms with Gasteiger partial charge >= 0.3 is 0 Å². The van der Waals surface area contributed by atoms with Crippen molar-refractivity contribution in [1.29, 1.82) is 0 Å². The van der Waals surface area contributed by atoms with E-state index in [2.05, 4.69) is 17.2 Å². The van der Waals surface area contributed by atoms with Crippen molar-refractivity contribution in [3.63, 3.8) is 0 Å². The minimum Gasteiger partial charge on any atom is -0.466 e. The van der Waals surface area contributed by atoms with Gasteiger partial charge in [0.15, 0.2) is 0 Å². The lowest BCUT2D eigenvalue weighted by molar-refractivity contribution is 0.489. The van der Waals surface area contributed by atoms with Crippen LogP contribution in [0.4, 0.5) is 4.39 Å². The summed E-state index contributed by atoms with van der Waals surface area (Å²) in [5.74, 6) is 1.36. The number of nitrogens with one attached hydrogen (secondary N) is 1. The van der Waals surface area contributed by atoms with Crippen LogP contribution in [0.15, 0.2) is 28.9 Å². The molecule has 3 nitrogen and oxygen atoms in total. The first-order chi connectivity index (χ1) is 9.13. The predicted octanol–water partition coefficient (Wildman–Crippen LogP) is 3.52. The Morgan fingerprint density at radius 2 is 2.16 bits per heavy atom. The molecule has 102 valence electrons. The van der Waals surface area contributed by atoms with E-state index < -0.39 is 0 Å². The fourth-order valence-electron chi connectivity index (χ4n) is 2.23. The smallest absolute Gasteiger partial charge is 0.146 e. The van der Waals surface area contributed by atoms with Crippen LogP contribution in [0.1, 0.15) is 42.0 Å². The molecule has 0 saturated carbocycles. The first kappa shape index (κ1) is 13.7. The molecule has 0 fully saturated rings. The van der Waals surface area contributed by atoms with Gasteiger partial charge in [0.2, 0.25) is 0 Å². The van der Waals surface area contributed by atoms with E-state index in [0.717, 1.165) is 30.0 Å². The molecule has 0 amide bonds. The summed E-state index contributed by atoms with van der Waals surface area (Å²) in [6.45, 7) is 6.70. The van der Waals surface area contributed by atoms with Gasteiger partial charge in [0.05, 0.1) is 12.2 Å². The third-order valence-corrected chi connectivity index (χ3v) is 3.10. The number of aryl methyl sites for hydroxylation is 2. The first-order valence-corrected chi connectivity index (χ1v) is 6.53. The quantitative estimate of drug-likeness (QED) is 0.896. The van der Waals surface area contributed by atoms with Gasteiger partial charge in [-0.1, -0.05) is 6.92 Å². The third kappa shape index (κ3) is 3.01. The van der Waals surface area contributed by atoms with Crippen LogP contribution in [-0.2, 0) is 0 Å². The number of rotatable bonds is 5. The van der Waals surface area contributed by atoms with Crippen LogP contribution >= 0.6 is 0 Å². The van der Waals surface area contributed by atoms with Gasteiger partial charge in [0.1, 0.15) is 17.3 Å². The van der Waals surface area contributed by atoms with Crippen molar-refractivity contribution in [2.24, 2.45) is 0 Å². The van der Waals surface area contributed by atoms with E-state index in [0.29, 0.717) is 5.56 Å². The van der Waals surface area contributed by atoms with E-state index in [1.807, 2.05) is 19.9 Å². The fourth-order valence-corrected chi connectivity index (χ4v) is 2.23. The molecule has 0 aliphatic carbocycles. The topological polar surface area (TPSA) is 38.1 Å². The van der Waals surface area contributed by atoms with Crippen LogP contribution in [0.3, 0.4) is 0 Å². The molecule has 1 N–H and O–H groups in total. The highest BCUT2D eigenvalue weighted by atomic mass is 19.1. The summed E-state index contributed by atoms with van der Waals surface area (Å²) < 4.78 is 19.5. The Morgan fingerprint density at radius 3 is 2.74 bits per heavy atom. The molecule has 0 spiro atoms.